The van der Waals surface area contributed by atoms with Gasteiger partial charge < -0.3 is 5.11 Å². The van der Waals surface area contributed by atoms with Crippen molar-refractivity contribution in [1.29, 1.82) is 0 Å². The van der Waals surface area contributed by atoms with Crippen LogP contribution in [0.2, 0.25) is 0 Å². The number of aromatic hydroxyl groups is 1. The molecule has 0 amide bonds. The van der Waals surface area contributed by atoms with Gasteiger partial charge in [-0.05, 0) is 12.1 Å². The molecule has 0 spiro atoms. The molecule has 0 bridgehead atoms. The lowest BCUT2D eigenvalue weighted by Crippen LogP contribution is -2.03. The minimum Gasteiger partial charge on any atom is -0.509 e. The molecule has 0 saturated heterocycles. The first-order chi connectivity index (χ1) is 4.74. The molecule has 3 heteroatoms. The summed E-state index contributed by atoms with van der Waals surface area (Å²) < 4.78 is 0. The largest absolute Gasteiger partial charge is 0.509 e. The van der Waals surface area contributed by atoms with E-state index >= 15 is 0 Å². The van der Waals surface area contributed by atoms with Gasteiger partial charge in [0.25, 0.3) is 0 Å². The van der Waals surface area contributed by atoms with Crippen molar-refractivity contribution in [2.75, 3.05) is 0 Å². The summed E-state index contributed by atoms with van der Waals surface area (Å²) in [4.78, 5) is 10.1. The van der Waals surface area contributed by atoms with E-state index in [1.807, 2.05) is 0 Å². The van der Waals surface area contributed by atoms with Crippen LogP contribution in [0.4, 0.5) is 0 Å². The van der Waals surface area contributed by atoms with Gasteiger partial charge in [0.15, 0.2) is 0 Å². The fourth-order valence-corrected chi connectivity index (χ4v) is 0.646. The van der Waals surface area contributed by atoms with Crippen molar-refractivity contribution in [1.82, 2.24) is 0 Å². The summed E-state index contributed by atoms with van der Waals surface area (Å²) in [5.41, 5.74) is 0.694. The zero-order valence-corrected chi connectivity index (χ0v) is 5.24. The summed E-state index contributed by atoms with van der Waals surface area (Å²) in [5.74, 6) is 0.00519. The minimum atomic E-state index is 0.00519. The molecule has 0 fully saturated rings. The molecule has 0 atom stereocenters. The summed E-state index contributed by atoms with van der Waals surface area (Å²) in [6.07, 6.45) is 0.676. The molecule has 0 heterocycles. The Morgan fingerprint density at radius 2 is 2.20 bits per heavy atom. The number of rotatable bonds is 1. The van der Waals surface area contributed by atoms with Crippen molar-refractivity contribution in [3.05, 3.63) is 23.8 Å². The second kappa shape index (κ2) is 2.56. The summed E-state index contributed by atoms with van der Waals surface area (Å²) in [7, 11) is 5.29. The van der Waals surface area contributed by atoms with E-state index in [-0.39, 0.29) is 11.2 Å². The van der Waals surface area contributed by atoms with Gasteiger partial charge in [-0.2, -0.15) is 0 Å². The highest BCUT2D eigenvalue weighted by molar-refractivity contribution is 6.34. The number of benzene rings is 1. The molecule has 10 heavy (non-hydrogen) atoms. The summed E-state index contributed by atoms with van der Waals surface area (Å²) in [5, 5.41) is 8.90. The molecule has 0 aromatic heterocycles. The molecule has 1 rings (SSSR count). The molecule has 0 unspecified atom stereocenters. The van der Waals surface area contributed by atoms with Gasteiger partial charge in [-0.25, -0.2) is 0 Å². The van der Waals surface area contributed by atoms with Gasteiger partial charge in [-0.15, -0.1) is 0 Å². The fourth-order valence-electron chi connectivity index (χ4n) is 0.646. The third-order valence-corrected chi connectivity index (χ3v) is 1.19. The van der Waals surface area contributed by atoms with Crippen LogP contribution < -0.4 is 5.46 Å². The molecule has 1 aromatic carbocycles. The van der Waals surface area contributed by atoms with Crippen LogP contribution in [0.1, 0.15) is 10.4 Å². The number of hydrogen-bond donors (Lipinski definition) is 1. The predicted molar refractivity (Wildman–Crippen MR) is 38.9 cm³/mol. The van der Waals surface area contributed by atoms with Crippen molar-refractivity contribution < 1.29 is 9.90 Å². The Bertz CT molecular complexity index is 258. The zero-order chi connectivity index (χ0) is 7.56. The highest BCUT2D eigenvalue weighted by Crippen LogP contribution is 2.03. The Kier molecular flexibility index (Phi) is 1.76. The molecular formula is C7H5BO2. The monoisotopic (exact) mass is 132 g/mol. The van der Waals surface area contributed by atoms with Crippen LogP contribution in [0.25, 0.3) is 0 Å². The molecular weight excluding hydrogens is 127 g/mol. The van der Waals surface area contributed by atoms with Crippen LogP contribution in [0.15, 0.2) is 18.2 Å². The van der Waals surface area contributed by atoms with Gasteiger partial charge in [-0.3, -0.25) is 4.79 Å². The van der Waals surface area contributed by atoms with E-state index < -0.39 is 0 Å². The van der Waals surface area contributed by atoms with Gasteiger partial charge in [0.1, 0.15) is 19.9 Å². The van der Waals surface area contributed by atoms with Crippen LogP contribution in [-0.2, 0) is 0 Å². The van der Waals surface area contributed by atoms with E-state index in [1.165, 1.54) is 18.2 Å². The fraction of sp³-hybridized carbons (Fsp3) is 0. The Morgan fingerprint density at radius 1 is 1.50 bits per heavy atom. The first-order valence-corrected chi connectivity index (χ1v) is 2.77. The number of hydrogen-bond acceptors (Lipinski definition) is 2. The van der Waals surface area contributed by atoms with Gasteiger partial charge in [0.05, 0.1) is 0 Å². The van der Waals surface area contributed by atoms with Crippen molar-refractivity contribution in [3.8, 4) is 5.75 Å². The van der Waals surface area contributed by atoms with E-state index in [0.29, 0.717) is 11.8 Å². The predicted octanol–water partition coefficient (Wildman–Crippen LogP) is -0.00150. The molecule has 2 radical (unpaired) electrons. The Balaban J connectivity index is 3.16. The number of phenolic OH excluding ortho intramolecular Hbond substituents is 1. The first-order valence-electron chi connectivity index (χ1n) is 2.77. The molecule has 1 aromatic rings. The third-order valence-electron chi connectivity index (χ3n) is 1.19. The van der Waals surface area contributed by atoms with Gasteiger partial charge >= 0.3 is 0 Å². The summed E-state index contributed by atoms with van der Waals surface area (Å²) in [6, 6.07) is 4.31. The maximum Gasteiger partial charge on any atom is 0.150 e. The quantitative estimate of drug-likeness (QED) is 0.431. The smallest absolute Gasteiger partial charge is 0.150 e. The third kappa shape index (κ3) is 1.18. The Morgan fingerprint density at radius 3 is 2.70 bits per heavy atom. The Hall–Kier alpha value is -1.25. The van der Waals surface area contributed by atoms with E-state index in [2.05, 4.69) is 0 Å². The molecule has 0 aliphatic heterocycles. The number of carbonyl (C=O) groups is 1. The van der Waals surface area contributed by atoms with Crippen LogP contribution in [-0.4, -0.2) is 19.2 Å². The van der Waals surface area contributed by atoms with Crippen LogP contribution >= 0.6 is 0 Å². The molecule has 0 saturated carbocycles. The standard InChI is InChI=1S/C7H5BO2/c8-6-3-5(4-9)1-2-7(6)10/h1-4,10H. The summed E-state index contributed by atoms with van der Waals surface area (Å²) >= 11 is 0. The average Bonchev–Trinajstić information content (AvgIpc) is 1.95. The maximum atomic E-state index is 10.1. The molecule has 2 nitrogen and oxygen atoms in total. The normalized spacial score (nSPS) is 9.20. The average molecular weight is 132 g/mol. The van der Waals surface area contributed by atoms with Crippen molar-refractivity contribution in [2.45, 2.75) is 0 Å². The number of carbonyl (C=O) groups excluding carboxylic acids is 1. The second-order valence-corrected chi connectivity index (χ2v) is 1.94. The van der Waals surface area contributed by atoms with E-state index in [4.69, 9.17) is 13.0 Å². The van der Waals surface area contributed by atoms with E-state index in [0.717, 1.165) is 0 Å². The van der Waals surface area contributed by atoms with Crippen LogP contribution in [0, 0.1) is 0 Å². The van der Waals surface area contributed by atoms with Gasteiger partial charge in [0.2, 0.25) is 0 Å². The number of aldehydes is 1. The lowest BCUT2D eigenvalue weighted by atomic mass is 9.93. The topological polar surface area (TPSA) is 37.3 Å². The SMILES string of the molecule is [B]c1cc(C=O)ccc1O. The Labute approximate surface area is 59.9 Å². The zero-order valence-electron chi connectivity index (χ0n) is 5.24. The molecule has 1 N–H and O–H groups in total. The number of phenols is 1. The molecule has 0 aliphatic rings. The van der Waals surface area contributed by atoms with E-state index in [1.54, 1.807) is 0 Å². The van der Waals surface area contributed by atoms with Crippen LogP contribution in [0.3, 0.4) is 0 Å². The van der Waals surface area contributed by atoms with Crippen molar-refractivity contribution in [2.24, 2.45) is 0 Å². The van der Waals surface area contributed by atoms with Crippen molar-refractivity contribution >= 4 is 19.6 Å². The van der Waals surface area contributed by atoms with Gasteiger partial charge in [0, 0.05) is 5.56 Å². The second-order valence-electron chi connectivity index (χ2n) is 1.94. The van der Waals surface area contributed by atoms with E-state index in [9.17, 15) is 4.79 Å². The van der Waals surface area contributed by atoms with Crippen molar-refractivity contribution in [3.63, 3.8) is 0 Å². The van der Waals surface area contributed by atoms with Crippen LogP contribution in [0.5, 0.6) is 5.75 Å². The highest BCUT2D eigenvalue weighted by Gasteiger charge is 1.94. The maximum absolute atomic E-state index is 10.1. The summed E-state index contributed by atoms with van der Waals surface area (Å²) in [6.45, 7) is 0. The molecule has 0 aliphatic carbocycles. The first kappa shape index (κ1) is 6.87. The molecule has 48 valence electrons. The lowest BCUT2D eigenvalue weighted by Gasteiger charge is -1.97. The minimum absolute atomic E-state index is 0.00519. The van der Waals surface area contributed by atoms with Gasteiger partial charge in [-0.1, -0.05) is 11.5 Å². The lowest BCUT2D eigenvalue weighted by molar-refractivity contribution is 0.112. The highest BCUT2D eigenvalue weighted by atomic mass is 16.3.